The predicted octanol–water partition coefficient (Wildman–Crippen LogP) is 7.66. The van der Waals surface area contributed by atoms with Gasteiger partial charge in [0.1, 0.15) is 23.6 Å². The fourth-order valence-corrected chi connectivity index (χ4v) is 7.82. The summed E-state index contributed by atoms with van der Waals surface area (Å²) in [5.41, 5.74) is 1.29. The lowest BCUT2D eigenvalue weighted by atomic mass is 9.91. The number of hydrogen-bond acceptors (Lipinski definition) is 7. The molecule has 0 spiro atoms. The van der Waals surface area contributed by atoms with Crippen molar-refractivity contribution in [3.63, 3.8) is 0 Å². The maximum absolute atomic E-state index is 14.1. The number of cyclic esters (lactones) is 1. The molecule has 3 rings (SSSR count). The van der Waals surface area contributed by atoms with Gasteiger partial charge in [-0.25, -0.2) is 4.79 Å². The third kappa shape index (κ3) is 11.0. The smallest absolute Gasteiger partial charge is 0.342 e. The van der Waals surface area contributed by atoms with Gasteiger partial charge in [-0.3, -0.25) is 4.79 Å². The summed E-state index contributed by atoms with van der Waals surface area (Å²) in [6.45, 7) is 24.1. The summed E-state index contributed by atoms with van der Waals surface area (Å²) < 4.78 is 26.6. The Bertz CT molecular complexity index is 1330. The molecule has 1 saturated heterocycles. The molecule has 0 aromatic heterocycles. The molecule has 1 fully saturated rings. The first-order chi connectivity index (χ1) is 21.7. The van der Waals surface area contributed by atoms with Crippen LogP contribution in [-0.4, -0.2) is 64.3 Å². The monoisotopic (exact) mass is 685 g/mol. The number of esters is 1. The van der Waals surface area contributed by atoms with Crippen molar-refractivity contribution >= 4 is 28.5 Å². The van der Waals surface area contributed by atoms with E-state index in [2.05, 4.69) is 84.9 Å². The lowest BCUT2D eigenvalue weighted by Crippen LogP contribution is -2.49. The highest BCUT2D eigenvalue weighted by molar-refractivity contribution is 6.75. The fourth-order valence-electron chi connectivity index (χ4n) is 5.41. The fraction of sp³-hybridized carbons (Fsp3) is 0.676. The predicted molar refractivity (Wildman–Crippen MR) is 192 cm³/mol. The molecular formula is C37H59NO7Si2. The summed E-state index contributed by atoms with van der Waals surface area (Å²) >= 11 is 0. The van der Waals surface area contributed by atoms with Gasteiger partial charge in [0.05, 0.1) is 12.2 Å². The molecule has 10 heteroatoms. The molecule has 47 heavy (non-hydrogen) atoms. The molecule has 1 aromatic rings. The Labute approximate surface area is 285 Å². The minimum absolute atomic E-state index is 0.0259. The normalized spacial score (nSPS) is 23.2. The number of hydrogen-bond donors (Lipinski definition) is 2. The van der Waals surface area contributed by atoms with Crippen molar-refractivity contribution in [2.45, 2.75) is 160 Å². The van der Waals surface area contributed by atoms with Crippen molar-refractivity contribution in [2.75, 3.05) is 0 Å². The standard InChI is InChI=1S/C37H59NO7Si2/c1-12-13-14-15-19-32(39)38-33(40)21-20-27-23-29-25-30(44-46(8,9)36(2,3)4)24-28(42-29)22-26-17-16-18-31(34(26)35(41)43-27)45-47(10,11)37(5,6)7/h15-19,27-30,33,40H,12,20-25H2,1-11H3,(H,38,39)/b19-15-/t27-,28-,29-,30+,33?/m0/s1. The van der Waals surface area contributed by atoms with Gasteiger partial charge in [-0.1, -0.05) is 72.4 Å². The first-order valence-electron chi connectivity index (χ1n) is 17.2. The number of fused-ring (bicyclic) bond motifs is 3. The van der Waals surface area contributed by atoms with Crippen LogP contribution in [0, 0.1) is 11.8 Å². The van der Waals surface area contributed by atoms with E-state index in [1.807, 2.05) is 25.1 Å². The van der Waals surface area contributed by atoms with E-state index in [0.29, 0.717) is 43.4 Å². The van der Waals surface area contributed by atoms with Gasteiger partial charge in [0.15, 0.2) is 8.32 Å². The molecule has 2 aliphatic heterocycles. The number of amides is 1. The minimum Gasteiger partial charge on any atom is -0.543 e. The average Bonchev–Trinajstić information content (AvgIpc) is 2.92. The SMILES string of the molecule is CCC#C/C=C\C(=O)NC(O)CC[C@H]1C[C@H]2C[C@H](O[Si](C)(C)C(C)(C)C)C[C@H](Cc3cccc(O[Si](C)(C)C(C)(C)C)c3C(=O)O1)O2. The van der Waals surface area contributed by atoms with E-state index >= 15 is 0 Å². The number of carbonyl (C=O) groups excluding carboxylic acids is 2. The van der Waals surface area contributed by atoms with Gasteiger partial charge in [-0.05, 0) is 86.1 Å². The van der Waals surface area contributed by atoms with Crippen molar-refractivity contribution in [3.8, 4) is 17.6 Å². The van der Waals surface area contributed by atoms with Crippen LogP contribution in [0.4, 0.5) is 0 Å². The number of ether oxygens (including phenoxy) is 2. The molecule has 0 radical (unpaired) electrons. The van der Waals surface area contributed by atoms with Gasteiger partial charge in [0.2, 0.25) is 5.91 Å². The van der Waals surface area contributed by atoms with Gasteiger partial charge in [-0.2, -0.15) is 0 Å². The van der Waals surface area contributed by atoms with Crippen LogP contribution < -0.4 is 9.74 Å². The van der Waals surface area contributed by atoms with E-state index < -0.39 is 40.8 Å². The lowest BCUT2D eigenvalue weighted by Gasteiger charge is -2.44. The van der Waals surface area contributed by atoms with Crippen LogP contribution in [0.25, 0.3) is 0 Å². The number of nitrogens with one attached hydrogen (secondary N) is 1. The Balaban J connectivity index is 1.93. The van der Waals surface area contributed by atoms with E-state index in [0.717, 1.165) is 12.0 Å². The zero-order valence-electron chi connectivity index (χ0n) is 30.6. The van der Waals surface area contributed by atoms with Crippen LogP contribution in [0.1, 0.15) is 103 Å². The largest absolute Gasteiger partial charge is 0.543 e. The number of allylic oxidation sites excluding steroid dienone is 1. The molecule has 1 aromatic carbocycles. The van der Waals surface area contributed by atoms with Crippen LogP contribution in [0.3, 0.4) is 0 Å². The van der Waals surface area contributed by atoms with Crippen molar-refractivity contribution in [1.29, 1.82) is 0 Å². The summed E-state index contributed by atoms with van der Waals surface area (Å²) in [4.78, 5) is 26.3. The quantitative estimate of drug-likeness (QED) is 0.0905. The van der Waals surface area contributed by atoms with Crippen LogP contribution in [0.2, 0.25) is 36.3 Å². The summed E-state index contributed by atoms with van der Waals surface area (Å²) in [6, 6.07) is 5.79. The van der Waals surface area contributed by atoms with Gasteiger partial charge < -0.3 is 28.7 Å². The second-order valence-electron chi connectivity index (χ2n) is 16.1. The molecule has 2 N–H and O–H groups in total. The minimum atomic E-state index is -2.29. The average molecular weight is 686 g/mol. The van der Waals surface area contributed by atoms with E-state index in [9.17, 15) is 14.7 Å². The maximum Gasteiger partial charge on any atom is 0.342 e. The maximum atomic E-state index is 14.1. The third-order valence-electron chi connectivity index (χ3n) is 10.1. The summed E-state index contributed by atoms with van der Waals surface area (Å²) in [5, 5.41) is 13.2. The Morgan fingerprint density at radius 3 is 2.36 bits per heavy atom. The Morgan fingerprint density at radius 1 is 1.06 bits per heavy atom. The second-order valence-corrected chi connectivity index (χ2v) is 25.6. The van der Waals surface area contributed by atoms with Crippen LogP contribution in [0.15, 0.2) is 30.4 Å². The molecule has 8 nitrogen and oxygen atoms in total. The molecule has 0 aliphatic carbocycles. The van der Waals surface area contributed by atoms with Crippen molar-refractivity contribution in [2.24, 2.45) is 0 Å². The lowest BCUT2D eigenvalue weighted by molar-refractivity contribution is -0.120. The molecular weight excluding hydrogens is 627 g/mol. The molecule has 262 valence electrons. The summed E-state index contributed by atoms with van der Waals surface area (Å²) in [7, 11) is -4.34. The Morgan fingerprint density at radius 2 is 1.72 bits per heavy atom. The highest BCUT2D eigenvalue weighted by Gasteiger charge is 2.44. The number of carbonyl (C=O) groups is 2. The zero-order valence-corrected chi connectivity index (χ0v) is 32.6. The number of aliphatic hydroxyl groups is 1. The molecule has 2 bridgehead atoms. The van der Waals surface area contributed by atoms with E-state index in [-0.39, 0.29) is 34.8 Å². The highest BCUT2D eigenvalue weighted by Crippen LogP contribution is 2.42. The Hall–Kier alpha value is -2.43. The van der Waals surface area contributed by atoms with Gasteiger partial charge >= 0.3 is 5.97 Å². The number of rotatable bonds is 9. The van der Waals surface area contributed by atoms with Crippen LogP contribution >= 0.6 is 0 Å². The first-order valence-corrected chi connectivity index (χ1v) is 23.0. The number of benzene rings is 1. The molecule has 2 heterocycles. The molecule has 2 aliphatic rings. The third-order valence-corrected chi connectivity index (χ3v) is 19.0. The van der Waals surface area contributed by atoms with Gasteiger partial charge in [0, 0.05) is 25.0 Å². The van der Waals surface area contributed by atoms with Gasteiger partial charge in [-0.15, -0.1) is 0 Å². The zero-order chi connectivity index (χ0) is 35.2. The van der Waals surface area contributed by atoms with Gasteiger partial charge in [0.25, 0.3) is 8.32 Å². The van der Waals surface area contributed by atoms with Crippen LogP contribution in [-0.2, 0) is 25.1 Å². The van der Waals surface area contributed by atoms with E-state index in [4.69, 9.17) is 18.3 Å². The molecule has 5 atom stereocenters. The Kier molecular flexibility index (Phi) is 13.2. The molecule has 1 amide bonds. The van der Waals surface area contributed by atoms with Crippen LogP contribution in [0.5, 0.6) is 5.75 Å². The number of aliphatic hydroxyl groups excluding tert-OH is 1. The topological polar surface area (TPSA) is 103 Å². The van der Waals surface area contributed by atoms with Crippen molar-refractivity contribution < 1.29 is 33.0 Å². The second kappa shape index (κ2) is 15.9. The summed E-state index contributed by atoms with van der Waals surface area (Å²) in [5.74, 6) is 5.33. The van der Waals surface area contributed by atoms with E-state index in [1.165, 1.54) is 12.2 Å². The van der Waals surface area contributed by atoms with E-state index in [1.54, 1.807) is 0 Å². The molecule has 1 unspecified atom stereocenters. The molecule has 0 saturated carbocycles. The van der Waals surface area contributed by atoms with Crippen molar-refractivity contribution in [3.05, 3.63) is 41.5 Å². The highest BCUT2D eigenvalue weighted by atomic mass is 28.4. The van der Waals surface area contributed by atoms with Crippen molar-refractivity contribution in [1.82, 2.24) is 5.32 Å². The first kappa shape index (κ1) is 39.0. The summed E-state index contributed by atoms with van der Waals surface area (Å²) in [6.07, 6.45) is 4.52.